The van der Waals surface area contributed by atoms with Gasteiger partial charge in [0.05, 0.1) is 4.90 Å². The Bertz CT molecular complexity index is 958. The predicted octanol–water partition coefficient (Wildman–Crippen LogP) is 2.10. The lowest BCUT2D eigenvalue weighted by Gasteiger charge is -2.34. The third kappa shape index (κ3) is 4.35. The van der Waals surface area contributed by atoms with Crippen molar-refractivity contribution < 1.29 is 18.4 Å². The summed E-state index contributed by atoms with van der Waals surface area (Å²) in [6.45, 7) is 2.60. The van der Waals surface area contributed by atoms with Crippen LogP contribution < -0.4 is 15.1 Å². The lowest BCUT2D eigenvalue weighted by atomic mass is 9.97. The number of nitrogens with zero attached hydrogens (tertiary/aromatic N) is 1. The molecular formula is C20H25N3O4S. The van der Waals surface area contributed by atoms with Gasteiger partial charge in [-0.15, -0.1) is 0 Å². The lowest BCUT2D eigenvalue weighted by molar-refractivity contribution is 0.0706. The SMILES string of the molecule is CCCc1ccc(S(=O)(=O)NC2Cc3cc(C(=O)NO)ccc3N(C)C2)cc1. The summed E-state index contributed by atoms with van der Waals surface area (Å²) in [6, 6.07) is 11.7. The molecular weight excluding hydrogens is 378 g/mol. The second-order valence-electron chi connectivity index (χ2n) is 7.08. The molecule has 1 heterocycles. The molecule has 0 aromatic heterocycles. The first kappa shape index (κ1) is 20.3. The summed E-state index contributed by atoms with van der Waals surface area (Å²) < 4.78 is 28.3. The summed E-state index contributed by atoms with van der Waals surface area (Å²) in [5.74, 6) is -0.597. The molecule has 1 amide bonds. The lowest BCUT2D eigenvalue weighted by Crippen LogP contribution is -2.47. The van der Waals surface area contributed by atoms with Crippen molar-refractivity contribution in [2.45, 2.75) is 37.1 Å². The van der Waals surface area contributed by atoms with Crippen LogP contribution in [-0.4, -0.2) is 39.2 Å². The van der Waals surface area contributed by atoms with Crippen molar-refractivity contribution in [1.29, 1.82) is 0 Å². The normalized spacial score (nSPS) is 16.5. The van der Waals surface area contributed by atoms with Gasteiger partial charge in [-0.1, -0.05) is 25.5 Å². The Balaban J connectivity index is 1.79. The molecule has 28 heavy (non-hydrogen) atoms. The summed E-state index contributed by atoms with van der Waals surface area (Å²) >= 11 is 0. The van der Waals surface area contributed by atoms with Gasteiger partial charge in [0.25, 0.3) is 5.91 Å². The van der Waals surface area contributed by atoms with Crippen LogP contribution >= 0.6 is 0 Å². The number of anilines is 1. The molecule has 0 spiro atoms. The molecule has 1 aliphatic heterocycles. The third-order valence-electron chi connectivity index (χ3n) is 4.91. The highest BCUT2D eigenvalue weighted by Gasteiger charge is 2.27. The maximum absolute atomic E-state index is 12.8. The van der Waals surface area contributed by atoms with E-state index in [4.69, 9.17) is 5.21 Å². The number of hydroxylamine groups is 1. The minimum Gasteiger partial charge on any atom is -0.373 e. The highest BCUT2D eigenvalue weighted by molar-refractivity contribution is 7.89. The highest BCUT2D eigenvalue weighted by atomic mass is 32.2. The zero-order valence-electron chi connectivity index (χ0n) is 16.0. The molecule has 0 fully saturated rings. The molecule has 0 aliphatic carbocycles. The van der Waals surface area contributed by atoms with Gasteiger partial charge in [0.1, 0.15) is 0 Å². The number of amides is 1. The molecule has 0 radical (unpaired) electrons. The Morgan fingerprint density at radius 2 is 1.93 bits per heavy atom. The molecule has 0 saturated carbocycles. The van der Waals surface area contributed by atoms with Gasteiger partial charge in [-0.2, -0.15) is 0 Å². The van der Waals surface area contributed by atoms with Gasteiger partial charge in [-0.25, -0.2) is 18.6 Å². The van der Waals surface area contributed by atoms with Gasteiger partial charge in [0.15, 0.2) is 0 Å². The van der Waals surface area contributed by atoms with E-state index in [1.54, 1.807) is 35.8 Å². The second kappa shape index (κ2) is 8.30. The Morgan fingerprint density at radius 1 is 1.21 bits per heavy atom. The minimum atomic E-state index is -3.64. The topological polar surface area (TPSA) is 98.7 Å². The molecule has 3 N–H and O–H groups in total. The summed E-state index contributed by atoms with van der Waals surface area (Å²) in [7, 11) is -1.77. The van der Waals surface area contributed by atoms with E-state index in [1.165, 1.54) is 0 Å². The van der Waals surface area contributed by atoms with Crippen molar-refractivity contribution in [3.05, 3.63) is 59.2 Å². The number of sulfonamides is 1. The fourth-order valence-electron chi connectivity index (χ4n) is 3.58. The highest BCUT2D eigenvalue weighted by Crippen LogP contribution is 2.28. The molecule has 7 nitrogen and oxygen atoms in total. The molecule has 0 saturated heterocycles. The van der Waals surface area contributed by atoms with E-state index in [-0.39, 0.29) is 10.9 Å². The van der Waals surface area contributed by atoms with Crippen LogP contribution in [0.2, 0.25) is 0 Å². The largest absolute Gasteiger partial charge is 0.373 e. The molecule has 1 aliphatic rings. The first-order valence-corrected chi connectivity index (χ1v) is 10.7. The average Bonchev–Trinajstić information content (AvgIpc) is 2.67. The van der Waals surface area contributed by atoms with Crippen molar-refractivity contribution in [3.8, 4) is 0 Å². The predicted molar refractivity (Wildman–Crippen MR) is 107 cm³/mol. The van der Waals surface area contributed by atoms with E-state index in [9.17, 15) is 13.2 Å². The van der Waals surface area contributed by atoms with Gasteiger partial charge in [-0.05, 0) is 54.3 Å². The zero-order valence-corrected chi connectivity index (χ0v) is 16.8. The third-order valence-corrected chi connectivity index (χ3v) is 6.45. The van der Waals surface area contributed by atoms with Crippen molar-refractivity contribution >= 4 is 21.6 Å². The number of rotatable bonds is 6. The summed E-state index contributed by atoms with van der Waals surface area (Å²) in [5.41, 5.74) is 4.84. The van der Waals surface area contributed by atoms with Gasteiger partial charge in [0, 0.05) is 30.9 Å². The number of hydrogen-bond donors (Lipinski definition) is 3. The zero-order chi connectivity index (χ0) is 20.3. The average molecular weight is 404 g/mol. The van der Waals surface area contributed by atoms with Gasteiger partial charge in [0.2, 0.25) is 10.0 Å². The first-order valence-electron chi connectivity index (χ1n) is 9.24. The first-order chi connectivity index (χ1) is 13.3. The van der Waals surface area contributed by atoms with Crippen LogP contribution in [-0.2, 0) is 22.9 Å². The van der Waals surface area contributed by atoms with E-state index in [0.717, 1.165) is 29.7 Å². The van der Waals surface area contributed by atoms with Crippen LogP contribution in [0.15, 0.2) is 47.4 Å². The van der Waals surface area contributed by atoms with Crippen LogP contribution in [0.4, 0.5) is 5.69 Å². The number of nitrogens with one attached hydrogen (secondary N) is 2. The second-order valence-corrected chi connectivity index (χ2v) is 8.80. The smallest absolute Gasteiger partial charge is 0.274 e. The fourth-order valence-corrected chi connectivity index (χ4v) is 4.80. The summed E-state index contributed by atoms with van der Waals surface area (Å²) in [5, 5.41) is 8.83. The summed E-state index contributed by atoms with van der Waals surface area (Å²) in [4.78, 5) is 13.9. The van der Waals surface area contributed by atoms with E-state index in [2.05, 4.69) is 11.6 Å². The maximum Gasteiger partial charge on any atom is 0.274 e. The van der Waals surface area contributed by atoms with Crippen LogP contribution in [0.25, 0.3) is 0 Å². The number of likely N-dealkylation sites (N-methyl/N-ethyl adjacent to an activating group) is 1. The molecule has 0 bridgehead atoms. The number of fused-ring (bicyclic) bond motifs is 1. The molecule has 1 unspecified atom stereocenters. The molecule has 1 atom stereocenters. The van der Waals surface area contributed by atoms with Gasteiger partial charge < -0.3 is 4.90 Å². The van der Waals surface area contributed by atoms with Crippen molar-refractivity contribution in [2.24, 2.45) is 0 Å². The van der Waals surface area contributed by atoms with Crippen LogP contribution in [0.5, 0.6) is 0 Å². The fraction of sp³-hybridized carbons (Fsp3) is 0.350. The maximum atomic E-state index is 12.8. The Morgan fingerprint density at radius 3 is 2.57 bits per heavy atom. The Kier molecular flexibility index (Phi) is 6.02. The van der Waals surface area contributed by atoms with E-state index < -0.39 is 15.9 Å². The van der Waals surface area contributed by atoms with Crippen LogP contribution in [0.1, 0.15) is 34.8 Å². The Hall–Kier alpha value is -2.42. The van der Waals surface area contributed by atoms with Gasteiger partial charge in [-0.3, -0.25) is 10.0 Å². The monoisotopic (exact) mass is 403 g/mol. The molecule has 8 heteroatoms. The Labute approximate surface area is 165 Å². The molecule has 2 aromatic carbocycles. The van der Waals surface area contributed by atoms with E-state index in [1.807, 2.05) is 24.1 Å². The van der Waals surface area contributed by atoms with Crippen LogP contribution in [0, 0.1) is 0 Å². The number of carbonyl (C=O) groups is 1. The van der Waals surface area contributed by atoms with Crippen LogP contribution in [0.3, 0.4) is 0 Å². The van der Waals surface area contributed by atoms with Crippen molar-refractivity contribution in [1.82, 2.24) is 10.2 Å². The standard InChI is InChI=1S/C20H25N3O4S/c1-3-4-14-5-8-18(9-6-14)28(26,27)22-17-12-16-11-15(20(24)21-25)7-10-19(16)23(2)13-17/h5-11,17,22,25H,3-4,12-13H2,1-2H3,(H,21,24). The summed E-state index contributed by atoms with van der Waals surface area (Å²) in [6.07, 6.45) is 2.38. The molecule has 2 aromatic rings. The van der Waals surface area contributed by atoms with Crippen molar-refractivity contribution in [2.75, 3.05) is 18.5 Å². The number of carbonyl (C=O) groups excluding carboxylic acids is 1. The quantitative estimate of drug-likeness (QED) is 0.507. The van der Waals surface area contributed by atoms with E-state index in [0.29, 0.717) is 18.5 Å². The van der Waals surface area contributed by atoms with E-state index >= 15 is 0 Å². The number of hydrogen-bond acceptors (Lipinski definition) is 5. The number of aryl methyl sites for hydroxylation is 1. The van der Waals surface area contributed by atoms with Crippen molar-refractivity contribution in [3.63, 3.8) is 0 Å². The molecule has 150 valence electrons. The van der Waals surface area contributed by atoms with Gasteiger partial charge >= 0.3 is 0 Å². The minimum absolute atomic E-state index is 0.245. The molecule has 3 rings (SSSR count). The number of benzene rings is 2.